The maximum absolute atomic E-state index is 13.3. The number of hydroxylamine groups is 4. The second-order valence-electron chi connectivity index (χ2n) is 29.2. The molecule has 4 aliphatic rings. The normalized spacial score (nSPS) is 13.5. The van der Waals surface area contributed by atoms with Gasteiger partial charge in [-0.3, -0.25) is 39.0 Å². The summed E-state index contributed by atoms with van der Waals surface area (Å²) in [6, 6.07) is 90.4. The van der Waals surface area contributed by atoms with Crippen LogP contribution in [0.4, 0.5) is 9.59 Å². The lowest BCUT2D eigenvalue weighted by atomic mass is 9.75. The predicted octanol–water partition coefficient (Wildman–Crippen LogP) is 16.8. The van der Waals surface area contributed by atoms with Crippen molar-refractivity contribution >= 4 is 47.8 Å². The van der Waals surface area contributed by atoms with E-state index >= 15 is 0 Å². The van der Waals surface area contributed by atoms with Crippen molar-refractivity contribution in [2.45, 2.75) is 113 Å². The zero-order valence-corrected chi connectivity index (χ0v) is 66.1. The molecule has 10 aromatic rings. The van der Waals surface area contributed by atoms with Crippen LogP contribution in [0.5, 0.6) is 11.5 Å². The van der Waals surface area contributed by atoms with Gasteiger partial charge in [-0.15, -0.1) is 5.06 Å². The molecule has 2 saturated heterocycles. The molecule has 14 rings (SSSR count). The standard InChI is InChI=1S/C48H49N3O7.C44H46N2O5.C4H5NO3/c1-56-38-26-24-37(25-27-38)48(35-16-6-4-7-17-35,36-18-8-5-9-19-36)50(33-30-46(54)58-51-44(52)28-29-45(51)53)32-15-3-2-14-31-49-47(55)57-34-43-41-22-12-10-20-39(41)40-21-11-13-23-42(40)43;1-50-36-26-24-35(25-27-36)44(33-16-6-4-7-17-33,34-18-8-5-9-19-34)46(31-28-42(47)48)30-15-3-2-14-29-45-43(49)51-32-41-39-22-12-10-20-37(39)38-21-11-13-23-40(38)41;6-3-1-2-4(7)5(3)8/h4-13,16-27,43H,2-3,14-15,28-34H2,1H3,(H,49,55);4-13,16-27,41H,2-3,14-15,28-32H2,1H3,(H,45,49)(H,47,48);8H,1-2H2. The van der Waals surface area contributed by atoms with Crippen LogP contribution in [0.25, 0.3) is 22.3 Å². The summed E-state index contributed by atoms with van der Waals surface area (Å²) in [5.41, 5.74) is 14.2. The third-order valence-electron chi connectivity index (χ3n) is 22.1. The fraction of sp³-hybridized carbons (Fsp3) is 0.292. The molecule has 2 aliphatic carbocycles. The molecule has 21 heteroatoms. The molecule has 2 heterocycles. The molecule has 117 heavy (non-hydrogen) atoms. The van der Waals surface area contributed by atoms with Gasteiger partial charge in [-0.1, -0.05) is 268 Å². The number of ether oxygens (including phenoxy) is 4. The summed E-state index contributed by atoms with van der Waals surface area (Å²) in [6.45, 7) is 3.51. The van der Waals surface area contributed by atoms with Gasteiger partial charge in [0.2, 0.25) is 0 Å². The molecule has 0 unspecified atom stereocenters. The number of rotatable bonds is 35. The van der Waals surface area contributed by atoms with Crippen LogP contribution in [0.3, 0.4) is 0 Å². The number of alkyl carbamates (subject to hydrolysis) is 2. The molecule has 4 N–H and O–H groups in total. The van der Waals surface area contributed by atoms with E-state index in [0.717, 1.165) is 96.2 Å². The minimum atomic E-state index is -0.833. The lowest BCUT2D eigenvalue weighted by Gasteiger charge is -2.46. The second-order valence-corrected chi connectivity index (χ2v) is 29.2. The van der Waals surface area contributed by atoms with E-state index in [4.69, 9.17) is 29.0 Å². The van der Waals surface area contributed by atoms with Crippen LogP contribution in [-0.4, -0.2) is 145 Å². The SMILES string of the molecule is COc1ccc(C(c2ccccc2)(c2ccccc2)N(CCCCCCNC(=O)OCC2c3ccccc3-c3ccccc32)CCC(=O)O)cc1.COc1ccc(C(c2ccccc2)(c2ccccc2)N(CCCCCCNC(=O)OCC2c3ccccc3-c3ccccc32)CCC(=O)ON2C(=O)CCC2=O)cc1.O=C1CCC(=O)N1O. The number of fused-ring (bicyclic) bond motifs is 6. The fourth-order valence-corrected chi connectivity index (χ4v) is 16.4. The number of carboxylic acid groups (broad SMARTS) is 1. The Morgan fingerprint density at radius 3 is 0.991 bits per heavy atom. The molecule has 10 aromatic carbocycles. The summed E-state index contributed by atoms with van der Waals surface area (Å²) in [6.07, 6.45) is 6.32. The minimum absolute atomic E-state index is 0.00459. The highest BCUT2D eigenvalue weighted by molar-refractivity contribution is 6.02. The number of methoxy groups -OCH3 is 2. The molecule has 0 radical (unpaired) electrons. The van der Waals surface area contributed by atoms with Crippen molar-refractivity contribution in [3.63, 3.8) is 0 Å². The molecule has 0 aromatic heterocycles. The number of hydrogen-bond donors (Lipinski definition) is 4. The van der Waals surface area contributed by atoms with E-state index in [9.17, 15) is 43.5 Å². The maximum Gasteiger partial charge on any atom is 0.407 e. The molecule has 0 bridgehead atoms. The monoisotopic (exact) mass is 1580 g/mol. The van der Waals surface area contributed by atoms with E-state index in [1.807, 2.05) is 146 Å². The van der Waals surface area contributed by atoms with Gasteiger partial charge in [0, 0.05) is 63.7 Å². The third kappa shape index (κ3) is 20.2. The summed E-state index contributed by atoms with van der Waals surface area (Å²) >= 11 is 0. The molecule has 604 valence electrons. The maximum atomic E-state index is 13.3. The number of imide groups is 2. The zero-order valence-electron chi connectivity index (χ0n) is 66.1. The van der Waals surface area contributed by atoms with Crippen molar-refractivity contribution in [2.24, 2.45) is 0 Å². The third-order valence-corrected chi connectivity index (χ3v) is 22.1. The molecular formula is C96H100N6O15. The van der Waals surface area contributed by atoms with Gasteiger partial charge >= 0.3 is 24.1 Å². The van der Waals surface area contributed by atoms with Crippen molar-refractivity contribution in [3.05, 3.63) is 323 Å². The van der Waals surface area contributed by atoms with Gasteiger partial charge in [0.1, 0.15) is 24.7 Å². The Labute approximate surface area is 683 Å². The smallest absolute Gasteiger partial charge is 0.407 e. The van der Waals surface area contributed by atoms with Gasteiger partial charge in [-0.25, -0.2) is 14.4 Å². The number of carbonyl (C=O) groups is 8. The first kappa shape index (κ1) is 83.9. The highest BCUT2D eigenvalue weighted by Gasteiger charge is 2.45. The van der Waals surface area contributed by atoms with Crippen LogP contribution >= 0.6 is 0 Å². The topological polar surface area (TPSA) is 260 Å². The molecule has 2 aliphatic heterocycles. The lowest BCUT2D eigenvalue weighted by molar-refractivity contribution is -0.197. The van der Waals surface area contributed by atoms with Gasteiger partial charge in [-0.2, -0.15) is 5.06 Å². The Bertz CT molecular complexity index is 4790. The quantitative estimate of drug-likeness (QED) is 0.0125. The van der Waals surface area contributed by atoms with Crippen molar-refractivity contribution in [2.75, 3.05) is 66.7 Å². The van der Waals surface area contributed by atoms with Gasteiger partial charge in [0.25, 0.3) is 23.6 Å². The highest BCUT2D eigenvalue weighted by Crippen LogP contribution is 2.48. The number of unbranched alkanes of at least 4 members (excludes halogenated alkanes) is 6. The predicted molar refractivity (Wildman–Crippen MR) is 445 cm³/mol. The molecule has 2 fully saturated rings. The Morgan fingerprint density at radius 1 is 0.376 bits per heavy atom. The number of amides is 6. The van der Waals surface area contributed by atoms with E-state index in [0.29, 0.717) is 44.4 Å². The van der Waals surface area contributed by atoms with E-state index in [1.165, 1.54) is 44.5 Å². The van der Waals surface area contributed by atoms with Crippen molar-refractivity contribution < 1.29 is 72.5 Å². The molecule has 0 atom stereocenters. The van der Waals surface area contributed by atoms with Crippen LogP contribution in [0.1, 0.15) is 157 Å². The molecule has 0 saturated carbocycles. The number of benzene rings is 10. The summed E-state index contributed by atoms with van der Waals surface area (Å²) in [4.78, 5) is 106. The summed E-state index contributed by atoms with van der Waals surface area (Å²) < 4.78 is 22.5. The van der Waals surface area contributed by atoms with Crippen molar-refractivity contribution in [3.8, 4) is 33.8 Å². The largest absolute Gasteiger partial charge is 0.497 e. The molecular weight excluding hydrogens is 1480 g/mol. The van der Waals surface area contributed by atoms with E-state index in [2.05, 4.69) is 142 Å². The van der Waals surface area contributed by atoms with Crippen LogP contribution < -0.4 is 20.1 Å². The number of nitrogens with zero attached hydrogens (tertiary/aromatic N) is 4. The first-order chi connectivity index (χ1) is 57.1. The first-order valence-corrected chi connectivity index (χ1v) is 40.2. The van der Waals surface area contributed by atoms with Gasteiger partial charge in [0.05, 0.1) is 38.1 Å². The molecule has 21 nitrogen and oxygen atoms in total. The Morgan fingerprint density at radius 2 is 0.675 bits per heavy atom. The van der Waals surface area contributed by atoms with Gasteiger partial charge < -0.3 is 39.5 Å². The van der Waals surface area contributed by atoms with Crippen LogP contribution in [0, 0.1) is 0 Å². The number of carboxylic acids is 1. The Balaban J connectivity index is 0.000000198. The van der Waals surface area contributed by atoms with Crippen LogP contribution in [-0.2, 0) is 54.2 Å². The Hall–Kier alpha value is -12.6. The average Bonchev–Trinajstić information content (AvgIpc) is 1.73. The highest BCUT2D eigenvalue weighted by atomic mass is 16.7. The van der Waals surface area contributed by atoms with Crippen LogP contribution in [0.2, 0.25) is 0 Å². The van der Waals surface area contributed by atoms with Crippen molar-refractivity contribution in [1.29, 1.82) is 0 Å². The fourth-order valence-electron chi connectivity index (χ4n) is 16.4. The van der Waals surface area contributed by atoms with Gasteiger partial charge in [-0.05, 0) is 141 Å². The number of aliphatic carboxylic acids is 1. The van der Waals surface area contributed by atoms with Crippen LogP contribution in [0.15, 0.2) is 267 Å². The average molecular weight is 1580 g/mol. The van der Waals surface area contributed by atoms with E-state index in [-0.39, 0.29) is 68.6 Å². The number of hydrogen-bond acceptors (Lipinski definition) is 16. The lowest BCUT2D eigenvalue weighted by Crippen LogP contribution is -2.49. The Kier molecular flexibility index (Phi) is 29.5. The molecule has 6 amide bonds. The first-order valence-electron chi connectivity index (χ1n) is 40.2. The summed E-state index contributed by atoms with van der Waals surface area (Å²) in [7, 11) is 3.29. The summed E-state index contributed by atoms with van der Waals surface area (Å²) in [5.74, 6) is -1.99. The van der Waals surface area contributed by atoms with E-state index in [1.54, 1.807) is 14.2 Å². The minimum Gasteiger partial charge on any atom is -0.497 e. The number of carbonyl (C=O) groups excluding carboxylic acids is 7. The van der Waals surface area contributed by atoms with Crippen molar-refractivity contribution in [1.82, 2.24) is 30.6 Å². The summed E-state index contributed by atoms with van der Waals surface area (Å²) in [5, 5.41) is 24.9. The van der Waals surface area contributed by atoms with Gasteiger partial charge in [0.15, 0.2) is 0 Å². The van der Waals surface area contributed by atoms with E-state index < -0.39 is 58.8 Å². The number of nitrogens with one attached hydrogen (secondary N) is 2. The second kappa shape index (κ2) is 41.1. The zero-order chi connectivity index (χ0) is 81.9. The molecule has 0 spiro atoms.